The molecule has 1 aromatic rings. The summed E-state index contributed by atoms with van der Waals surface area (Å²) in [6, 6.07) is 10.9. The molecule has 178 valence electrons. The molecule has 6 fully saturated rings. The zero-order chi connectivity index (χ0) is 22.4. The molecule has 2 aliphatic heterocycles. The number of nitrogens with one attached hydrogen (secondary N) is 1. The monoisotopic (exact) mass is 465 g/mol. The van der Waals surface area contributed by atoms with Crippen LogP contribution < -0.4 is 5.43 Å². The molecule has 0 spiro atoms. The normalized spacial score (nSPS) is 37.1. The highest BCUT2D eigenvalue weighted by Crippen LogP contribution is 2.62. The Kier molecular flexibility index (Phi) is 5.98. The number of hydrogen-bond acceptors (Lipinski definition) is 4. The van der Waals surface area contributed by atoms with Crippen molar-refractivity contribution in [1.82, 2.24) is 25.1 Å². The summed E-state index contributed by atoms with van der Waals surface area (Å²) in [5.41, 5.74) is 5.74. The first-order valence-electron chi connectivity index (χ1n) is 13.1. The Labute approximate surface area is 204 Å². The van der Waals surface area contributed by atoms with E-state index >= 15 is 0 Å². The minimum atomic E-state index is 0.328. The summed E-state index contributed by atoms with van der Waals surface area (Å²) < 4.78 is 0. The van der Waals surface area contributed by atoms with Crippen molar-refractivity contribution in [2.75, 3.05) is 32.8 Å². The highest BCUT2D eigenvalue weighted by molar-refractivity contribution is 7.80. The van der Waals surface area contributed by atoms with Crippen molar-refractivity contribution in [1.29, 1.82) is 0 Å². The molecule has 2 heterocycles. The van der Waals surface area contributed by atoms with Gasteiger partial charge in [0.25, 0.3) is 0 Å². The van der Waals surface area contributed by atoms with Gasteiger partial charge in [0.2, 0.25) is 0 Å². The molecule has 6 aliphatic rings. The number of piperazine rings is 1. The number of hydrogen-bond donors (Lipinski definition) is 1. The van der Waals surface area contributed by atoms with E-state index < -0.39 is 0 Å². The van der Waals surface area contributed by atoms with E-state index in [1.165, 1.54) is 44.1 Å². The van der Waals surface area contributed by atoms with Gasteiger partial charge in [-0.3, -0.25) is 14.8 Å². The predicted molar refractivity (Wildman–Crippen MR) is 137 cm³/mol. The molecule has 4 bridgehead atoms. The second-order valence-electron chi connectivity index (χ2n) is 11.4. The van der Waals surface area contributed by atoms with Gasteiger partial charge in [-0.05, 0) is 81.0 Å². The molecule has 1 N–H and O–H groups in total. The first-order chi connectivity index (χ1) is 16.1. The molecular formula is C27H39N5S. The largest absolute Gasteiger partial charge is 0.307 e. The van der Waals surface area contributed by atoms with Gasteiger partial charge >= 0.3 is 0 Å². The number of thiocarbonyl (C=S) groups is 1. The van der Waals surface area contributed by atoms with E-state index in [-0.39, 0.29) is 0 Å². The molecule has 0 aromatic heterocycles. The second kappa shape index (κ2) is 8.95. The maximum atomic E-state index is 6.04. The first-order valence-corrected chi connectivity index (χ1v) is 13.5. The van der Waals surface area contributed by atoms with Crippen LogP contribution >= 0.6 is 12.2 Å². The van der Waals surface area contributed by atoms with Gasteiger partial charge in [0.05, 0.1) is 6.67 Å². The zero-order valence-electron chi connectivity index (χ0n) is 20.0. The lowest BCUT2D eigenvalue weighted by atomic mass is 9.48. The van der Waals surface area contributed by atoms with Crippen molar-refractivity contribution in [3.63, 3.8) is 0 Å². The molecule has 7 rings (SSSR count). The van der Waals surface area contributed by atoms with Crippen molar-refractivity contribution in [2.24, 2.45) is 23.2 Å². The Morgan fingerprint density at radius 1 is 0.939 bits per heavy atom. The topological polar surface area (TPSA) is 25.0 Å². The van der Waals surface area contributed by atoms with Crippen LogP contribution in [0.3, 0.4) is 0 Å². The van der Waals surface area contributed by atoms with Crippen LogP contribution in [0.1, 0.15) is 51.0 Å². The number of benzene rings is 1. The zero-order valence-corrected chi connectivity index (χ0v) is 20.8. The Morgan fingerprint density at radius 2 is 1.55 bits per heavy atom. The van der Waals surface area contributed by atoms with Crippen LogP contribution in [0, 0.1) is 23.2 Å². The molecule has 1 aromatic carbocycles. The highest BCUT2D eigenvalue weighted by atomic mass is 32.1. The number of rotatable bonds is 6. The summed E-state index contributed by atoms with van der Waals surface area (Å²) in [5, 5.41) is 3.24. The molecule has 5 nitrogen and oxygen atoms in total. The van der Waals surface area contributed by atoms with Crippen LogP contribution in [0.2, 0.25) is 0 Å². The van der Waals surface area contributed by atoms with Gasteiger partial charge in [0.1, 0.15) is 6.17 Å². The van der Waals surface area contributed by atoms with Crippen molar-refractivity contribution in [2.45, 2.75) is 58.2 Å². The predicted octanol–water partition coefficient (Wildman–Crippen LogP) is 4.24. The van der Waals surface area contributed by atoms with Gasteiger partial charge in [-0.15, -0.1) is 0 Å². The van der Waals surface area contributed by atoms with E-state index in [4.69, 9.17) is 12.2 Å². The molecule has 4 saturated carbocycles. The second-order valence-corrected chi connectivity index (χ2v) is 11.8. The Balaban J connectivity index is 1.10. The minimum absolute atomic E-state index is 0.328. The summed E-state index contributed by atoms with van der Waals surface area (Å²) in [4.78, 5) is 7.54. The van der Waals surface area contributed by atoms with Crippen LogP contribution in [0.15, 0.2) is 42.6 Å². The van der Waals surface area contributed by atoms with Crippen molar-refractivity contribution >= 4 is 17.3 Å². The fraction of sp³-hybridized carbons (Fsp3) is 0.667. The minimum Gasteiger partial charge on any atom is -0.307 e. The summed E-state index contributed by atoms with van der Waals surface area (Å²) in [7, 11) is 0. The van der Waals surface area contributed by atoms with E-state index in [2.05, 4.69) is 74.7 Å². The lowest BCUT2D eigenvalue weighted by molar-refractivity contribution is -0.0936. The molecule has 33 heavy (non-hydrogen) atoms. The van der Waals surface area contributed by atoms with Crippen LogP contribution in [0.5, 0.6) is 0 Å². The Hall–Kier alpha value is -1.47. The van der Waals surface area contributed by atoms with E-state index in [0.29, 0.717) is 11.6 Å². The third-order valence-corrected chi connectivity index (χ3v) is 9.47. The van der Waals surface area contributed by atoms with E-state index in [0.717, 1.165) is 62.3 Å². The summed E-state index contributed by atoms with van der Waals surface area (Å²) in [6.45, 7) is 8.48. The summed E-state index contributed by atoms with van der Waals surface area (Å²) in [6.07, 6.45) is 13.3. The fourth-order valence-corrected chi connectivity index (χ4v) is 8.28. The number of allylic oxidation sites excluding steroid dienone is 1. The highest BCUT2D eigenvalue weighted by Gasteiger charge is 2.57. The van der Waals surface area contributed by atoms with E-state index in [1.807, 2.05) is 0 Å². The number of hydrazine groups is 1. The Bertz CT molecular complexity index is 842. The maximum Gasteiger partial charge on any atom is 0.192 e. The Morgan fingerprint density at radius 3 is 2.15 bits per heavy atom. The quantitative estimate of drug-likeness (QED) is 0.631. The van der Waals surface area contributed by atoms with Crippen LogP contribution in [0.4, 0.5) is 0 Å². The molecule has 4 aliphatic carbocycles. The van der Waals surface area contributed by atoms with Crippen molar-refractivity contribution in [3.8, 4) is 0 Å². The van der Waals surface area contributed by atoms with E-state index in [9.17, 15) is 0 Å². The fourth-order valence-electron chi connectivity index (χ4n) is 8.00. The molecule has 0 amide bonds. The average Bonchev–Trinajstić information content (AvgIpc) is 3.11. The van der Waals surface area contributed by atoms with Crippen LogP contribution in [-0.2, 0) is 6.54 Å². The average molecular weight is 466 g/mol. The lowest BCUT2D eigenvalue weighted by Crippen LogP contribution is -2.59. The van der Waals surface area contributed by atoms with Gasteiger partial charge in [0, 0.05) is 44.3 Å². The van der Waals surface area contributed by atoms with Gasteiger partial charge in [-0.25, -0.2) is 5.43 Å². The third kappa shape index (κ3) is 4.24. The van der Waals surface area contributed by atoms with Crippen LogP contribution in [0.25, 0.3) is 0 Å². The van der Waals surface area contributed by atoms with Crippen molar-refractivity contribution < 1.29 is 0 Å². The summed E-state index contributed by atoms with van der Waals surface area (Å²) in [5.74, 6) is 2.85. The standard InChI is InChI=1S/C27H39N5S/c1-2-8-31-25(27-16-22-13-23(17-27)15-24(14-22)18-27)28-32(26(31)33)20-30-11-9-29(10-12-30)19-21-6-4-3-5-7-21/h2-8,22-25,28H,9-20H2,1H3/b8-2+. The van der Waals surface area contributed by atoms with Gasteiger partial charge in [-0.1, -0.05) is 36.4 Å². The van der Waals surface area contributed by atoms with Gasteiger partial charge < -0.3 is 4.90 Å². The molecule has 1 unspecified atom stereocenters. The van der Waals surface area contributed by atoms with E-state index in [1.54, 1.807) is 0 Å². The summed E-state index contributed by atoms with van der Waals surface area (Å²) >= 11 is 6.04. The maximum absolute atomic E-state index is 6.04. The van der Waals surface area contributed by atoms with Crippen molar-refractivity contribution in [3.05, 3.63) is 48.2 Å². The van der Waals surface area contributed by atoms with Gasteiger partial charge in [-0.2, -0.15) is 0 Å². The third-order valence-electron chi connectivity index (χ3n) is 9.04. The molecular weight excluding hydrogens is 426 g/mol. The molecule has 1 atom stereocenters. The number of nitrogens with zero attached hydrogens (tertiary/aromatic N) is 4. The molecule has 2 saturated heterocycles. The smallest absolute Gasteiger partial charge is 0.192 e. The first kappa shape index (κ1) is 22.0. The SMILES string of the molecule is C/C=C/N1C(=S)N(CN2CCN(Cc3ccccc3)CC2)NC1C12CC3CC(CC(C3)C1)C2. The van der Waals surface area contributed by atoms with Crippen LogP contribution in [-0.4, -0.2) is 63.8 Å². The lowest BCUT2D eigenvalue weighted by Gasteiger charge is -2.59. The van der Waals surface area contributed by atoms with Gasteiger partial charge in [0.15, 0.2) is 5.11 Å². The molecule has 0 radical (unpaired) electrons. The molecule has 6 heteroatoms.